The Hall–Kier alpha value is -0.610. The van der Waals surface area contributed by atoms with Crippen LogP contribution in [0.5, 0.6) is 0 Å². The van der Waals surface area contributed by atoms with E-state index in [0.29, 0.717) is 24.5 Å². The lowest BCUT2D eigenvalue weighted by Crippen LogP contribution is -2.48. The predicted molar refractivity (Wildman–Crippen MR) is 73.7 cm³/mol. The molecule has 0 spiro atoms. The molecule has 3 aliphatic carbocycles. The van der Waals surface area contributed by atoms with Crippen LogP contribution < -0.4 is 5.32 Å². The number of nitrogens with zero attached hydrogens (tertiary/aromatic N) is 1. The Balaban J connectivity index is 1.51. The largest absolute Gasteiger partial charge is 0.395 e. The number of amides is 1. The molecule has 2 N–H and O–H groups in total. The normalized spacial score (nSPS) is 26.0. The zero-order chi connectivity index (χ0) is 13.4. The van der Waals surface area contributed by atoms with Gasteiger partial charge in [-0.05, 0) is 57.3 Å². The van der Waals surface area contributed by atoms with Crippen molar-refractivity contribution in [1.82, 2.24) is 10.2 Å². The molecule has 0 aliphatic heterocycles. The lowest BCUT2D eigenvalue weighted by Gasteiger charge is -2.30. The van der Waals surface area contributed by atoms with Gasteiger partial charge >= 0.3 is 0 Å². The van der Waals surface area contributed by atoms with Crippen LogP contribution in [-0.2, 0) is 4.79 Å². The molecule has 0 bridgehead atoms. The minimum atomic E-state index is 0.126. The van der Waals surface area contributed by atoms with Crippen LogP contribution in [0.3, 0.4) is 0 Å². The molecule has 0 aromatic heterocycles. The second-order valence-corrected chi connectivity index (χ2v) is 6.62. The summed E-state index contributed by atoms with van der Waals surface area (Å²) in [5.41, 5.74) is 0. The average Bonchev–Trinajstić information content (AvgIpc) is 3.26. The number of nitrogens with one attached hydrogen (secondary N) is 1. The van der Waals surface area contributed by atoms with Crippen molar-refractivity contribution < 1.29 is 9.90 Å². The van der Waals surface area contributed by atoms with Crippen LogP contribution >= 0.6 is 0 Å². The molecule has 0 aromatic carbocycles. The number of hydrogen-bond acceptors (Lipinski definition) is 3. The average molecular weight is 266 g/mol. The van der Waals surface area contributed by atoms with E-state index in [9.17, 15) is 9.90 Å². The van der Waals surface area contributed by atoms with E-state index in [-0.39, 0.29) is 18.6 Å². The Labute approximate surface area is 115 Å². The quantitative estimate of drug-likeness (QED) is 0.692. The number of aliphatic hydroxyl groups is 1. The monoisotopic (exact) mass is 266 g/mol. The van der Waals surface area contributed by atoms with Gasteiger partial charge in [-0.3, -0.25) is 4.79 Å². The van der Waals surface area contributed by atoms with Crippen molar-refractivity contribution in [3.05, 3.63) is 0 Å². The molecule has 2 atom stereocenters. The highest BCUT2D eigenvalue weighted by Gasteiger charge is 2.41. The summed E-state index contributed by atoms with van der Waals surface area (Å²) < 4.78 is 0. The third-order valence-electron chi connectivity index (χ3n) is 4.87. The van der Waals surface area contributed by atoms with Crippen LogP contribution in [0.25, 0.3) is 0 Å². The van der Waals surface area contributed by atoms with Crippen molar-refractivity contribution in [2.24, 2.45) is 11.8 Å². The molecule has 0 radical (unpaired) electrons. The zero-order valence-corrected chi connectivity index (χ0v) is 11.8. The summed E-state index contributed by atoms with van der Waals surface area (Å²) in [6.45, 7) is 2.76. The first kappa shape index (κ1) is 13.4. The van der Waals surface area contributed by atoms with Crippen LogP contribution in [0.15, 0.2) is 0 Å². The fraction of sp³-hybridized carbons (Fsp3) is 0.933. The van der Waals surface area contributed by atoms with Crippen LogP contribution in [0.2, 0.25) is 0 Å². The van der Waals surface area contributed by atoms with Crippen molar-refractivity contribution >= 4 is 5.91 Å². The van der Waals surface area contributed by atoms with Gasteiger partial charge in [0.2, 0.25) is 5.91 Å². The van der Waals surface area contributed by atoms with Crippen molar-refractivity contribution in [3.8, 4) is 0 Å². The molecule has 3 fully saturated rings. The molecule has 0 aromatic rings. The molecular formula is C15H26N2O2. The molecule has 1 amide bonds. The van der Waals surface area contributed by atoms with E-state index in [4.69, 9.17) is 0 Å². The molecule has 0 saturated heterocycles. The second kappa shape index (κ2) is 5.41. The number of hydrogen-bond donors (Lipinski definition) is 2. The molecular weight excluding hydrogens is 240 g/mol. The summed E-state index contributed by atoms with van der Waals surface area (Å²) in [5.74, 6) is 1.57. The number of carbonyl (C=O) groups excluding carboxylic acids is 1. The first-order chi connectivity index (χ1) is 9.20. The third kappa shape index (κ3) is 3.29. The van der Waals surface area contributed by atoms with Crippen LogP contribution in [-0.4, -0.2) is 47.2 Å². The van der Waals surface area contributed by atoms with Gasteiger partial charge in [-0.25, -0.2) is 0 Å². The highest BCUT2D eigenvalue weighted by molar-refractivity contribution is 5.79. The van der Waals surface area contributed by atoms with Crippen molar-refractivity contribution in [3.63, 3.8) is 0 Å². The maximum atomic E-state index is 12.4. The summed E-state index contributed by atoms with van der Waals surface area (Å²) in [6.07, 6.45) is 7.30. The molecule has 3 aliphatic rings. The molecule has 3 saturated carbocycles. The minimum Gasteiger partial charge on any atom is -0.395 e. The fourth-order valence-corrected chi connectivity index (χ4v) is 3.11. The molecule has 4 nitrogen and oxygen atoms in total. The highest BCUT2D eigenvalue weighted by Crippen LogP contribution is 2.39. The van der Waals surface area contributed by atoms with Crippen molar-refractivity contribution in [1.29, 1.82) is 0 Å². The van der Waals surface area contributed by atoms with E-state index in [1.165, 1.54) is 38.5 Å². The van der Waals surface area contributed by atoms with E-state index in [2.05, 4.69) is 17.1 Å². The Kier molecular flexibility index (Phi) is 3.81. The summed E-state index contributed by atoms with van der Waals surface area (Å²) in [5, 5.41) is 12.6. The first-order valence-electron chi connectivity index (χ1n) is 7.86. The Morgan fingerprint density at radius 2 is 1.84 bits per heavy atom. The second-order valence-electron chi connectivity index (χ2n) is 6.62. The van der Waals surface area contributed by atoms with E-state index in [1.54, 1.807) is 0 Å². The SMILES string of the molecule is C[C@H](C1CC1)N(C(=O)CN[C@H](CO)C1CC1)C1CC1. The number of aliphatic hydroxyl groups excluding tert-OH is 1. The molecule has 0 heterocycles. The number of rotatable bonds is 8. The van der Waals surface area contributed by atoms with E-state index in [1.807, 2.05) is 0 Å². The number of carbonyl (C=O) groups is 1. The van der Waals surface area contributed by atoms with Gasteiger partial charge in [0, 0.05) is 18.1 Å². The van der Waals surface area contributed by atoms with E-state index >= 15 is 0 Å². The maximum absolute atomic E-state index is 12.4. The van der Waals surface area contributed by atoms with Crippen LogP contribution in [0.1, 0.15) is 45.4 Å². The molecule has 108 valence electrons. The van der Waals surface area contributed by atoms with Gasteiger partial charge < -0.3 is 15.3 Å². The Bertz CT molecular complexity index is 335. The van der Waals surface area contributed by atoms with Crippen molar-refractivity contribution in [2.75, 3.05) is 13.2 Å². The van der Waals surface area contributed by atoms with Gasteiger partial charge in [0.15, 0.2) is 0 Å². The van der Waals surface area contributed by atoms with Gasteiger partial charge in [0.1, 0.15) is 0 Å². The Morgan fingerprint density at radius 1 is 1.21 bits per heavy atom. The van der Waals surface area contributed by atoms with E-state index < -0.39 is 0 Å². The molecule has 0 unspecified atom stereocenters. The van der Waals surface area contributed by atoms with Gasteiger partial charge in [0.25, 0.3) is 0 Å². The van der Waals surface area contributed by atoms with Crippen molar-refractivity contribution in [2.45, 2.75) is 63.6 Å². The summed E-state index contributed by atoms with van der Waals surface area (Å²) in [6, 6.07) is 1.04. The molecule has 19 heavy (non-hydrogen) atoms. The third-order valence-corrected chi connectivity index (χ3v) is 4.87. The molecule has 3 rings (SSSR count). The lowest BCUT2D eigenvalue weighted by molar-refractivity contribution is -0.133. The van der Waals surface area contributed by atoms with Gasteiger partial charge in [-0.1, -0.05) is 0 Å². The van der Waals surface area contributed by atoms with Crippen LogP contribution in [0, 0.1) is 11.8 Å². The smallest absolute Gasteiger partial charge is 0.237 e. The molecule has 4 heteroatoms. The van der Waals surface area contributed by atoms with E-state index in [0.717, 1.165) is 5.92 Å². The summed E-state index contributed by atoms with van der Waals surface area (Å²) in [4.78, 5) is 14.6. The predicted octanol–water partition coefficient (Wildman–Crippen LogP) is 1.14. The van der Waals surface area contributed by atoms with Gasteiger partial charge in [-0.15, -0.1) is 0 Å². The van der Waals surface area contributed by atoms with Gasteiger partial charge in [-0.2, -0.15) is 0 Å². The zero-order valence-electron chi connectivity index (χ0n) is 11.8. The summed E-state index contributed by atoms with van der Waals surface area (Å²) in [7, 11) is 0. The summed E-state index contributed by atoms with van der Waals surface area (Å²) >= 11 is 0. The highest BCUT2D eigenvalue weighted by atomic mass is 16.3. The maximum Gasteiger partial charge on any atom is 0.237 e. The Morgan fingerprint density at radius 3 is 2.32 bits per heavy atom. The topological polar surface area (TPSA) is 52.6 Å². The fourth-order valence-electron chi connectivity index (χ4n) is 3.11. The minimum absolute atomic E-state index is 0.126. The lowest BCUT2D eigenvalue weighted by atomic mass is 10.1. The van der Waals surface area contributed by atoms with Gasteiger partial charge in [0.05, 0.1) is 13.2 Å². The first-order valence-corrected chi connectivity index (χ1v) is 7.86. The van der Waals surface area contributed by atoms with Crippen LogP contribution in [0.4, 0.5) is 0 Å². The standard InChI is InChI=1S/C15H26N2O2/c1-10(11-2-3-11)17(13-6-7-13)15(19)8-16-14(9-18)12-4-5-12/h10-14,16,18H,2-9H2,1H3/t10-,14-/m1/s1.